The summed E-state index contributed by atoms with van der Waals surface area (Å²) in [7, 11) is 0. The number of rotatable bonds is 13. The van der Waals surface area contributed by atoms with Gasteiger partial charge in [-0.1, -0.05) is 70.8 Å². The number of aliphatic hydroxyl groups is 1. The quantitative estimate of drug-likeness (QED) is 0.294. The molecule has 1 rings (SSSR count). The Morgan fingerprint density at radius 1 is 0.913 bits per heavy atom. The summed E-state index contributed by atoms with van der Waals surface area (Å²) < 4.78 is 4.95. The van der Waals surface area contributed by atoms with Crippen molar-refractivity contribution in [2.45, 2.75) is 83.5 Å². The molecule has 1 aliphatic carbocycles. The summed E-state index contributed by atoms with van der Waals surface area (Å²) in [4.78, 5) is 10.8. The molecule has 0 aliphatic heterocycles. The number of hydrogen-bond acceptors (Lipinski definition) is 3. The molecule has 1 fully saturated rings. The van der Waals surface area contributed by atoms with Crippen LogP contribution in [0.4, 0.5) is 0 Å². The molecular formula is C20H36O3. The van der Waals surface area contributed by atoms with Crippen LogP contribution in [0.25, 0.3) is 0 Å². The van der Waals surface area contributed by atoms with Gasteiger partial charge in [-0.05, 0) is 31.1 Å². The van der Waals surface area contributed by atoms with Crippen molar-refractivity contribution in [1.29, 1.82) is 0 Å². The second-order valence-electron chi connectivity index (χ2n) is 7.06. The van der Waals surface area contributed by atoms with E-state index in [1.54, 1.807) is 0 Å². The minimum atomic E-state index is -0.310. The van der Waals surface area contributed by atoms with Gasteiger partial charge in [0.2, 0.25) is 0 Å². The molecule has 0 saturated heterocycles. The Bertz CT molecular complexity index is 306. The predicted molar refractivity (Wildman–Crippen MR) is 95.2 cm³/mol. The monoisotopic (exact) mass is 324 g/mol. The zero-order valence-electron chi connectivity index (χ0n) is 14.8. The molecule has 0 aromatic heterocycles. The standard InChI is InChI=1S/C20H36O3/c1-2-20(22)23-16-10-8-6-4-3-5-7-9-11-18-12-14-19(17-21)15-13-18/h2,18-19,21H,1,3-17H2. The number of unbranched alkanes of at least 4 members (excludes halogenated alkanes) is 7. The van der Waals surface area contributed by atoms with Crippen molar-refractivity contribution in [2.24, 2.45) is 11.8 Å². The lowest BCUT2D eigenvalue weighted by atomic mass is 9.80. The summed E-state index contributed by atoms with van der Waals surface area (Å²) in [5, 5.41) is 9.15. The van der Waals surface area contributed by atoms with Crippen molar-refractivity contribution >= 4 is 5.97 Å². The van der Waals surface area contributed by atoms with Gasteiger partial charge in [-0.2, -0.15) is 0 Å². The smallest absolute Gasteiger partial charge is 0.330 e. The Hall–Kier alpha value is -0.830. The lowest BCUT2D eigenvalue weighted by Crippen LogP contribution is -2.17. The third kappa shape index (κ3) is 10.5. The molecule has 1 aliphatic rings. The second kappa shape index (κ2) is 13.6. The lowest BCUT2D eigenvalue weighted by molar-refractivity contribution is -0.137. The van der Waals surface area contributed by atoms with Gasteiger partial charge in [0.1, 0.15) is 0 Å². The Labute approximate surface area is 142 Å². The molecule has 1 saturated carbocycles. The molecule has 134 valence electrons. The maximum atomic E-state index is 10.8. The van der Waals surface area contributed by atoms with Crippen LogP contribution < -0.4 is 0 Å². The first-order valence-electron chi connectivity index (χ1n) is 9.66. The van der Waals surface area contributed by atoms with Crippen LogP contribution in [0.3, 0.4) is 0 Å². The van der Waals surface area contributed by atoms with E-state index in [-0.39, 0.29) is 5.97 Å². The van der Waals surface area contributed by atoms with Gasteiger partial charge in [-0.25, -0.2) is 4.79 Å². The van der Waals surface area contributed by atoms with Gasteiger partial charge in [0, 0.05) is 12.7 Å². The maximum absolute atomic E-state index is 10.8. The van der Waals surface area contributed by atoms with E-state index >= 15 is 0 Å². The van der Waals surface area contributed by atoms with Gasteiger partial charge < -0.3 is 9.84 Å². The van der Waals surface area contributed by atoms with E-state index in [2.05, 4.69) is 6.58 Å². The van der Waals surface area contributed by atoms with E-state index in [1.165, 1.54) is 76.7 Å². The molecule has 3 nitrogen and oxygen atoms in total. The fourth-order valence-corrected chi connectivity index (χ4v) is 3.53. The fraction of sp³-hybridized carbons (Fsp3) is 0.850. The summed E-state index contributed by atoms with van der Waals surface area (Å²) in [5.74, 6) is 1.21. The topological polar surface area (TPSA) is 46.5 Å². The van der Waals surface area contributed by atoms with Gasteiger partial charge in [-0.15, -0.1) is 0 Å². The number of carbonyl (C=O) groups excluding carboxylic acids is 1. The van der Waals surface area contributed by atoms with Crippen LogP contribution in [-0.2, 0) is 9.53 Å². The van der Waals surface area contributed by atoms with Gasteiger partial charge in [0.15, 0.2) is 0 Å². The molecule has 0 spiro atoms. The van der Waals surface area contributed by atoms with Crippen LogP contribution in [0.5, 0.6) is 0 Å². The third-order valence-electron chi connectivity index (χ3n) is 5.14. The SMILES string of the molecule is C=CC(=O)OCCCCCCCCCCC1CCC(CO)CC1. The van der Waals surface area contributed by atoms with Crippen LogP contribution in [-0.4, -0.2) is 24.3 Å². The molecule has 0 aromatic rings. The summed E-state index contributed by atoms with van der Waals surface area (Å²) in [6.45, 7) is 4.30. The van der Waals surface area contributed by atoms with Gasteiger partial charge in [-0.3, -0.25) is 0 Å². The zero-order chi connectivity index (χ0) is 16.8. The van der Waals surface area contributed by atoms with Crippen molar-refractivity contribution in [1.82, 2.24) is 0 Å². The predicted octanol–water partition coefficient (Wildman–Crippen LogP) is 5.03. The molecular weight excluding hydrogens is 288 g/mol. The lowest BCUT2D eigenvalue weighted by Gasteiger charge is -2.27. The van der Waals surface area contributed by atoms with Gasteiger partial charge in [0.05, 0.1) is 6.61 Å². The molecule has 0 atom stereocenters. The first-order valence-corrected chi connectivity index (χ1v) is 9.66. The number of esters is 1. The molecule has 3 heteroatoms. The highest BCUT2D eigenvalue weighted by Gasteiger charge is 2.19. The van der Waals surface area contributed by atoms with Gasteiger partial charge in [0.25, 0.3) is 0 Å². The Morgan fingerprint density at radius 3 is 2.00 bits per heavy atom. The average Bonchev–Trinajstić information content (AvgIpc) is 2.59. The van der Waals surface area contributed by atoms with Crippen molar-refractivity contribution < 1.29 is 14.6 Å². The summed E-state index contributed by atoms with van der Waals surface area (Å²) in [5.41, 5.74) is 0. The van der Waals surface area contributed by atoms with E-state index in [4.69, 9.17) is 9.84 Å². The van der Waals surface area contributed by atoms with E-state index < -0.39 is 0 Å². The van der Waals surface area contributed by atoms with Crippen LogP contribution in [0.15, 0.2) is 12.7 Å². The highest BCUT2D eigenvalue weighted by Crippen LogP contribution is 2.31. The molecule has 0 bridgehead atoms. The summed E-state index contributed by atoms with van der Waals surface area (Å²) >= 11 is 0. The number of aliphatic hydroxyl groups excluding tert-OH is 1. The number of hydrogen-bond donors (Lipinski definition) is 1. The van der Waals surface area contributed by atoms with Gasteiger partial charge >= 0.3 is 5.97 Å². The Kier molecular flexibility index (Phi) is 11.9. The van der Waals surface area contributed by atoms with Crippen LogP contribution >= 0.6 is 0 Å². The summed E-state index contributed by atoms with van der Waals surface area (Å²) in [6, 6.07) is 0. The van der Waals surface area contributed by atoms with Crippen molar-refractivity contribution in [2.75, 3.05) is 13.2 Å². The second-order valence-corrected chi connectivity index (χ2v) is 7.06. The van der Waals surface area contributed by atoms with Crippen molar-refractivity contribution in [3.05, 3.63) is 12.7 Å². The molecule has 0 amide bonds. The molecule has 1 N–H and O–H groups in total. The van der Waals surface area contributed by atoms with Crippen molar-refractivity contribution in [3.63, 3.8) is 0 Å². The number of carbonyl (C=O) groups is 1. The maximum Gasteiger partial charge on any atom is 0.330 e. The van der Waals surface area contributed by atoms with Crippen LogP contribution in [0.2, 0.25) is 0 Å². The zero-order valence-corrected chi connectivity index (χ0v) is 14.8. The number of ether oxygens (including phenoxy) is 1. The van der Waals surface area contributed by atoms with Crippen LogP contribution in [0, 0.1) is 11.8 Å². The average molecular weight is 325 g/mol. The highest BCUT2D eigenvalue weighted by atomic mass is 16.5. The van der Waals surface area contributed by atoms with Crippen LogP contribution in [0.1, 0.15) is 83.5 Å². The minimum absolute atomic E-state index is 0.310. The van der Waals surface area contributed by atoms with E-state index in [1.807, 2.05) is 0 Å². The Morgan fingerprint density at radius 2 is 1.43 bits per heavy atom. The molecule has 23 heavy (non-hydrogen) atoms. The van der Waals surface area contributed by atoms with E-state index in [9.17, 15) is 4.79 Å². The highest BCUT2D eigenvalue weighted by molar-refractivity contribution is 5.81. The largest absolute Gasteiger partial charge is 0.463 e. The minimum Gasteiger partial charge on any atom is -0.463 e. The van der Waals surface area contributed by atoms with E-state index in [0.717, 1.165) is 18.8 Å². The normalized spacial score (nSPS) is 21.1. The Balaban J connectivity index is 1.78. The third-order valence-corrected chi connectivity index (χ3v) is 5.14. The molecule has 0 heterocycles. The molecule has 0 radical (unpaired) electrons. The molecule has 0 aromatic carbocycles. The first kappa shape index (κ1) is 20.2. The molecule has 0 unspecified atom stereocenters. The van der Waals surface area contributed by atoms with Crippen molar-refractivity contribution in [3.8, 4) is 0 Å². The first-order chi connectivity index (χ1) is 11.3. The van der Waals surface area contributed by atoms with E-state index in [0.29, 0.717) is 19.1 Å². The summed E-state index contributed by atoms with van der Waals surface area (Å²) in [6.07, 6.45) is 17.9. The fourth-order valence-electron chi connectivity index (χ4n) is 3.53.